The van der Waals surface area contributed by atoms with Crippen LogP contribution in [0, 0.1) is 16.0 Å². The fourth-order valence-corrected chi connectivity index (χ4v) is 4.98. The van der Waals surface area contributed by atoms with Crippen LogP contribution < -0.4 is 0 Å². The van der Waals surface area contributed by atoms with Gasteiger partial charge in [-0.15, -0.1) is 16.4 Å². The number of nitro groups is 1. The van der Waals surface area contributed by atoms with Crippen LogP contribution in [0.2, 0.25) is 0 Å². The van der Waals surface area contributed by atoms with Gasteiger partial charge in [-0.3, -0.25) is 15.2 Å². The van der Waals surface area contributed by atoms with Crippen molar-refractivity contribution in [2.45, 2.75) is 32.6 Å². The zero-order chi connectivity index (χ0) is 17.8. The van der Waals surface area contributed by atoms with Gasteiger partial charge in [-0.05, 0) is 30.7 Å². The molecule has 0 bridgehead atoms. The van der Waals surface area contributed by atoms with Crippen LogP contribution in [0.5, 0.6) is 0 Å². The van der Waals surface area contributed by atoms with E-state index in [4.69, 9.17) is 0 Å². The molecule has 1 N–H and O–H groups in total. The van der Waals surface area contributed by atoms with Crippen molar-refractivity contribution in [1.82, 2.24) is 29.8 Å². The van der Waals surface area contributed by atoms with Crippen molar-refractivity contribution in [2.24, 2.45) is 5.92 Å². The van der Waals surface area contributed by atoms with Gasteiger partial charge in [0.25, 0.3) is 0 Å². The number of aryl methyl sites for hydroxylation is 1. The molecule has 0 amide bonds. The molecule has 0 saturated carbocycles. The zero-order valence-electron chi connectivity index (χ0n) is 14.0. The summed E-state index contributed by atoms with van der Waals surface area (Å²) >= 11 is 1.73. The van der Waals surface area contributed by atoms with Crippen molar-refractivity contribution < 1.29 is 4.92 Å². The number of fused-ring (bicyclic) bond motifs is 5. The molecule has 132 valence electrons. The largest absolute Gasteiger partial charge is 0.318 e. The van der Waals surface area contributed by atoms with E-state index < -0.39 is 4.92 Å². The Bertz CT molecular complexity index is 1160. The molecule has 1 aliphatic rings. The normalized spacial score (nSPS) is 17.0. The molecule has 10 heteroatoms. The Kier molecular flexibility index (Phi) is 3.29. The predicted octanol–water partition coefficient (Wildman–Crippen LogP) is 3.15. The van der Waals surface area contributed by atoms with Gasteiger partial charge >= 0.3 is 5.69 Å². The standard InChI is InChI=1S/C16H15N7O2S/c1-2-8-3-4-9-11(5-8)26-16-12(9)15-19-14(21-22(15)7-17-16)13-10(23(24)25)6-18-20-13/h6-8H,2-5H2,1H3,(H,18,20). The Morgan fingerprint density at radius 1 is 1.50 bits per heavy atom. The monoisotopic (exact) mass is 369 g/mol. The Morgan fingerprint density at radius 3 is 3.19 bits per heavy atom. The summed E-state index contributed by atoms with van der Waals surface area (Å²) in [4.78, 5) is 22.1. The number of nitrogens with zero attached hydrogens (tertiary/aromatic N) is 6. The number of thiophene rings is 1. The van der Waals surface area contributed by atoms with Crippen LogP contribution in [-0.4, -0.2) is 34.7 Å². The minimum atomic E-state index is -0.490. The molecule has 4 heterocycles. The Balaban J connectivity index is 1.72. The van der Waals surface area contributed by atoms with Crippen molar-refractivity contribution in [3.8, 4) is 11.5 Å². The fourth-order valence-electron chi connectivity index (χ4n) is 3.68. The summed E-state index contributed by atoms with van der Waals surface area (Å²) < 4.78 is 1.60. The van der Waals surface area contributed by atoms with Crippen LogP contribution in [0.25, 0.3) is 27.4 Å². The molecule has 9 nitrogen and oxygen atoms in total. The lowest BCUT2D eigenvalue weighted by Gasteiger charge is -2.20. The summed E-state index contributed by atoms with van der Waals surface area (Å²) in [6, 6.07) is 0. The van der Waals surface area contributed by atoms with Crippen LogP contribution in [0.4, 0.5) is 5.69 Å². The zero-order valence-corrected chi connectivity index (χ0v) is 14.8. The molecular formula is C16H15N7O2S. The second kappa shape index (κ2) is 5.56. The first-order chi connectivity index (χ1) is 12.7. The van der Waals surface area contributed by atoms with Gasteiger partial charge in [-0.25, -0.2) is 14.5 Å². The van der Waals surface area contributed by atoms with Crippen molar-refractivity contribution in [1.29, 1.82) is 0 Å². The number of H-pyrrole nitrogens is 1. The van der Waals surface area contributed by atoms with Gasteiger partial charge in [0.2, 0.25) is 5.82 Å². The molecule has 4 aromatic rings. The van der Waals surface area contributed by atoms with Gasteiger partial charge in [0.1, 0.15) is 17.4 Å². The second-order valence-electron chi connectivity index (χ2n) is 6.54. The number of rotatable bonds is 3. The molecule has 1 unspecified atom stereocenters. The second-order valence-corrected chi connectivity index (χ2v) is 7.62. The fraction of sp³-hybridized carbons (Fsp3) is 0.375. The van der Waals surface area contributed by atoms with Gasteiger partial charge in [0.05, 0.1) is 10.3 Å². The molecule has 0 radical (unpaired) electrons. The number of nitrogens with one attached hydrogen (secondary N) is 1. The minimum absolute atomic E-state index is 0.136. The van der Waals surface area contributed by atoms with Crippen molar-refractivity contribution >= 4 is 32.9 Å². The smallest absolute Gasteiger partial charge is 0.268 e. The summed E-state index contributed by atoms with van der Waals surface area (Å²) in [5, 5.41) is 23.0. The predicted molar refractivity (Wildman–Crippen MR) is 96.2 cm³/mol. The first-order valence-corrected chi connectivity index (χ1v) is 9.31. The number of hydrogen-bond acceptors (Lipinski definition) is 7. The average Bonchev–Trinajstić information content (AvgIpc) is 3.34. The maximum atomic E-state index is 11.2. The molecule has 0 fully saturated rings. The van der Waals surface area contributed by atoms with Gasteiger partial charge in [-0.2, -0.15) is 5.10 Å². The van der Waals surface area contributed by atoms with E-state index in [1.807, 2.05) is 0 Å². The molecular weight excluding hydrogens is 354 g/mol. The van der Waals surface area contributed by atoms with E-state index in [2.05, 4.69) is 32.2 Å². The summed E-state index contributed by atoms with van der Waals surface area (Å²) in [5.41, 5.74) is 2.08. The highest BCUT2D eigenvalue weighted by Crippen LogP contribution is 2.39. The maximum Gasteiger partial charge on any atom is 0.318 e. The van der Waals surface area contributed by atoms with Crippen LogP contribution in [0.15, 0.2) is 12.5 Å². The van der Waals surface area contributed by atoms with E-state index in [9.17, 15) is 10.1 Å². The van der Waals surface area contributed by atoms with E-state index in [1.54, 1.807) is 22.2 Å². The molecule has 5 rings (SSSR count). The third-order valence-corrected chi connectivity index (χ3v) is 6.27. The van der Waals surface area contributed by atoms with Gasteiger partial charge in [0, 0.05) is 4.88 Å². The Morgan fingerprint density at radius 2 is 2.38 bits per heavy atom. The maximum absolute atomic E-state index is 11.2. The van der Waals surface area contributed by atoms with Crippen molar-refractivity contribution in [3.63, 3.8) is 0 Å². The lowest BCUT2D eigenvalue weighted by molar-refractivity contribution is -0.384. The van der Waals surface area contributed by atoms with E-state index in [0.29, 0.717) is 5.65 Å². The van der Waals surface area contributed by atoms with Crippen molar-refractivity contribution in [2.75, 3.05) is 0 Å². The third-order valence-electron chi connectivity index (χ3n) is 5.10. The van der Waals surface area contributed by atoms with Gasteiger partial charge in [-0.1, -0.05) is 13.3 Å². The SMILES string of the molecule is CCC1CCc2c(sc3ncn4nc(-c5[nH]ncc5[N+](=O)[O-])nc4c23)C1. The summed E-state index contributed by atoms with van der Waals surface area (Å²) in [6.45, 7) is 2.24. The van der Waals surface area contributed by atoms with Crippen LogP contribution >= 0.6 is 11.3 Å². The van der Waals surface area contributed by atoms with Crippen LogP contribution in [0.1, 0.15) is 30.2 Å². The van der Waals surface area contributed by atoms with Crippen LogP contribution in [-0.2, 0) is 12.8 Å². The Hall–Kier alpha value is -2.88. The molecule has 0 saturated heterocycles. The lowest BCUT2D eigenvalue weighted by atomic mass is 9.86. The number of aromatic nitrogens is 6. The highest BCUT2D eigenvalue weighted by Gasteiger charge is 2.26. The molecule has 0 spiro atoms. The molecule has 0 aliphatic heterocycles. The van der Waals surface area contributed by atoms with E-state index in [1.165, 1.54) is 29.5 Å². The minimum Gasteiger partial charge on any atom is -0.268 e. The average molecular weight is 369 g/mol. The first kappa shape index (κ1) is 15.4. The lowest BCUT2D eigenvalue weighted by Crippen LogP contribution is -2.11. The number of aromatic amines is 1. The number of hydrogen-bond donors (Lipinski definition) is 1. The molecule has 1 aliphatic carbocycles. The summed E-state index contributed by atoms with van der Waals surface area (Å²) in [6.07, 6.45) is 7.26. The Labute approximate surface area is 151 Å². The molecule has 26 heavy (non-hydrogen) atoms. The topological polar surface area (TPSA) is 115 Å². The van der Waals surface area contributed by atoms with Gasteiger partial charge < -0.3 is 0 Å². The van der Waals surface area contributed by atoms with E-state index >= 15 is 0 Å². The highest BCUT2D eigenvalue weighted by molar-refractivity contribution is 7.19. The van der Waals surface area contributed by atoms with Crippen LogP contribution in [0.3, 0.4) is 0 Å². The molecule has 1 atom stereocenters. The third kappa shape index (κ3) is 2.15. The van der Waals surface area contributed by atoms with E-state index in [-0.39, 0.29) is 17.2 Å². The molecule has 4 aromatic heterocycles. The summed E-state index contributed by atoms with van der Waals surface area (Å²) in [7, 11) is 0. The summed E-state index contributed by atoms with van der Waals surface area (Å²) in [5.74, 6) is 0.985. The quantitative estimate of drug-likeness (QED) is 0.438. The van der Waals surface area contributed by atoms with E-state index in [0.717, 1.165) is 29.0 Å². The molecule has 0 aromatic carbocycles. The van der Waals surface area contributed by atoms with Gasteiger partial charge in [0.15, 0.2) is 11.3 Å². The van der Waals surface area contributed by atoms with Crippen molar-refractivity contribution in [3.05, 3.63) is 33.1 Å². The first-order valence-electron chi connectivity index (χ1n) is 8.49. The highest BCUT2D eigenvalue weighted by atomic mass is 32.1.